The quantitative estimate of drug-likeness (QED) is 0.610. The lowest BCUT2D eigenvalue weighted by Gasteiger charge is -2.36. The molecule has 1 aliphatic rings. The van der Waals surface area contributed by atoms with Crippen molar-refractivity contribution < 1.29 is 14.2 Å². The summed E-state index contributed by atoms with van der Waals surface area (Å²) in [6.07, 6.45) is 1.41. The maximum atomic E-state index is 6.19. The van der Waals surface area contributed by atoms with Gasteiger partial charge in [-0.3, -0.25) is 4.90 Å². The molecule has 0 saturated carbocycles. The van der Waals surface area contributed by atoms with Gasteiger partial charge >= 0.3 is 0 Å². The monoisotopic (exact) mass is 413 g/mol. The third kappa shape index (κ3) is 6.59. The van der Waals surface area contributed by atoms with Crippen LogP contribution in [0.3, 0.4) is 0 Å². The van der Waals surface area contributed by atoms with Gasteiger partial charge in [-0.25, -0.2) is 0 Å². The van der Waals surface area contributed by atoms with Crippen LogP contribution in [0.1, 0.15) is 20.8 Å². The van der Waals surface area contributed by atoms with Crippen molar-refractivity contribution in [2.24, 2.45) is 0 Å². The van der Waals surface area contributed by atoms with Gasteiger partial charge in [-0.1, -0.05) is 54.7 Å². The van der Waals surface area contributed by atoms with E-state index in [1.165, 1.54) is 5.19 Å². The molecule has 0 amide bonds. The SMILES string of the molecule is CC(CN1CC(C)OC(C)C1)Oc1cccc(OC[Si](C)(C)c2ccccc2)c1. The molecule has 29 heavy (non-hydrogen) atoms. The summed E-state index contributed by atoms with van der Waals surface area (Å²) in [5.74, 6) is 1.74. The van der Waals surface area contributed by atoms with Crippen LogP contribution in [0.2, 0.25) is 13.1 Å². The van der Waals surface area contributed by atoms with Gasteiger partial charge in [-0.2, -0.15) is 0 Å². The van der Waals surface area contributed by atoms with E-state index in [9.17, 15) is 0 Å². The van der Waals surface area contributed by atoms with E-state index in [0.29, 0.717) is 0 Å². The number of rotatable bonds is 8. The van der Waals surface area contributed by atoms with Crippen LogP contribution in [-0.4, -0.2) is 57.2 Å². The summed E-state index contributed by atoms with van der Waals surface area (Å²) in [6.45, 7) is 13.9. The van der Waals surface area contributed by atoms with Gasteiger partial charge in [0.2, 0.25) is 0 Å². The third-order valence-corrected chi connectivity index (χ3v) is 8.07. The van der Waals surface area contributed by atoms with Crippen molar-refractivity contribution in [2.75, 3.05) is 25.9 Å². The fourth-order valence-electron chi connectivity index (χ4n) is 3.94. The molecule has 1 heterocycles. The lowest BCUT2D eigenvalue weighted by molar-refractivity contribution is -0.0740. The highest BCUT2D eigenvalue weighted by atomic mass is 28.3. The Bertz CT molecular complexity index is 758. The Morgan fingerprint density at radius 3 is 2.34 bits per heavy atom. The van der Waals surface area contributed by atoms with Crippen molar-refractivity contribution in [3.05, 3.63) is 54.6 Å². The molecule has 2 aromatic rings. The molecule has 0 bridgehead atoms. The highest BCUT2D eigenvalue weighted by molar-refractivity contribution is 6.89. The molecule has 0 aromatic heterocycles. The van der Waals surface area contributed by atoms with E-state index in [0.717, 1.165) is 37.4 Å². The topological polar surface area (TPSA) is 30.9 Å². The van der Waals surface area contributed by atoms with Gasteiger partial charge in [-0.15, -0.1) is 0 Å². The molecule has 1 saturated heterocycles. The maximum Gasteiger partial charge on any atom is 0.124 e. The molecule has 5 heteroatoms. The van der Waals surface area contributed by atoms with Crippen molar-refractivity contribution in [1.29, 1.82) is 0 Å². The second-order valence-corrected chi connectivity index (χ2v) is 13.6. The summed E-state index contributed by atoms with van der Waals surface area (Å²) < 4.78 is 18.2. The minimum atomic E-state index is -1.64. The summed E-state index contributed by atoms with van der Waals surface area (Å²) in [4.78, 5) is 2.43. The molecule has 1 aliphatic heterocycles. The Morgan fingerprint density at radius 2 is 1.66 bits per heavy atom. The molecule has 3 rings (SSSR count). The van der Waals surface area contributed by atoms with E-state index in [4.69, 9.17) is 14.2 Å². The summed E-state index contributed by atoms with van der Waals surface area (Å²) >= 11 is 0. The molecule has 4 nitrogen and oxygen atoms in total. The molecule has 3 atom stereocenters. The van der Waals surface area contributed by atoms with Gasteiger partial charge in [-0.05, 0) is 32.9 Å². The molecule has 0 spiro atoms. The molecule has 0 aliphatic carbocycles. The summed E-state index contributed by atoms with van der Waals surface area (Å²) in [6, 6.07) is 18.7. The first-order chi connectivity index (χ1) is 13.8. The second kappa shape index (κ2) is 9.79. The van der Waals surface area contributed by atoms with Crippen LogP contribution in [0.5, 0.6) is 11.5 Å². The van der Waals surface area contributed by atoms with E-state index < -0.39 is 8.07 Å². The Hall–Kier alpha value is -1.82. The smallest absolute Gasteiger partial charge is 0.124 e. The van der Waals surface area contributed by atoms with Crippen molar-refractivity contribution in [2.45, 2.75) is 52.2 Å². The van der Waals surface area contributed by atoms with Crippen LogP contribution in [0.15, 0.2) is 54.6 Å². The van der Waals surface area contributed by atoms with Gasteiger partial charge in [0, 0.05) is 25.7 Å². The largest absolute Gasteiger partial charge is 0.497 e. The summed E-state index contributed by atoms with van der Waals surface area (Å²) in [7, 11) is -1.64. The fourth-order valence-corrected chi connectivity index (χ4v) is 5.73. The Balaban J connectivity index is 1.54. The van der Waals surface area contributed by atoms with E-state index in [1.54, 1.807) is 0 Å². The number of hydrogen-bond acceptors (Lipinski definition) is 4. The van der Waals surface area contributed by atoms with Crippen LogP contribution in [-0.2, 0) is 4.74 Å². The van der Waals surface area contributed by atoms with Gasteiger partial charge < -0.3 is 14.2 Å². The molecular weight excluding hydrogens is 378 g/mol. The highest BCUT2D eigenvalue weighted by Gasteiger charge is 2.25. The average molecular weight is 414 g/mol. The lowest BCUT2D eigenvalue weighted by atomic mass is 10.2. The zero-order valence-electron chi connectivity index (χ0n) is 18.4. The van der Waals surface area contributed by atoms with Gasteiger partial charge in [0.15, 0.2) is 0 Å². The van der Waals surface area contributed by atoms with Crippen molar-refractivity contribution in [1.82, 2.24) is 4.90 Å². The van der Waals surface area contributed by atoms with Crippen molar-refractivity contribution in [3.8, 4) is 11.5 Å². The number of morpholine rings is 1. The standard InChI is InChI=1S/C24H35NO3Si/c1-19-15-25(16-20(2)27-19)17-21(3)28-23-11-9-10-22(14-23)26-18-29(4,5)24-12-7-6-8-13-24/h6-14,19-21H,15-18H2,1-5H3. The normalized spacial score (nSPS) is 21.6. The Labute approximate surface area is 176 Å². The molecular formula is C24H35NO3Si. The first-order valence-corrected chi connectivity index (χ1v) is 13.9. The van der Waals surface area contributed by atoms with Crippen molar-refractivity contribution >= 4 is 13.3 Å². The molecule has 0 N–H and O–H groups in total. The molecule has 0 radical (unpaired) electrons. The number of nitrogens with zero attached hydrogens (tertiary/aromatic N) is 1. The number of benzene rings is 2. The summed E-state index contributed by atoms with van der Waals surface area (Å²) in [5, 5.41) is 1.41. The first kappa shape index (κ1) is 21.9. The van der Waals surface area contributed by atoms with E-state index in [1.807, 2.05) is 24.3 Å². The predicted octanol–water partition coefficient (Wildman–Crippen LogP) is 4.10. The highest BCUT2D eigenvalue weighted by Crippen LogP contribution is 2.22. The van der Waals surface area contributed by atoms with Crippen LogP contribution in [0.4, 0.5) is 0 Å². The van der Waals surface area contributed by atoms with Crippen molar-refractivity contribution in [3.63, 3.8) is 0 Å². The molecule has 2 aromatic carbocycles. The third-order valence-electron chi connectivity index (χ3n) is 5.31. The first-order valence-electron chi connectivity index (χ1n) is 10.6. The van der Waals surface area contributed by atoms with E-state index in [2.05, 4.69) is 69.1 Å². The van der Waals surface area contributed by atoms with Gasteiger partial charge in [0.25, 0.3) is 0 Å². The van der Waals surface area contributed by atoms with Crippen LogP contribution in [0, 0.1) is 0 Å². The summed E-state index contributed by atoms with van der Waals surface area (Å²) in [5.41, 5.74) is 0. The van der Waals surface area contributed by atoms with E-state index >= 15 is 0 Å². The Morgan fingerprint density at radius 1 is 1.00 bits per heavy atom. The molecule has 158 valence electrons. The fraction of sp³-hybridized carbons (Fsp3) is 0.500. The van der Waals surface area contributed by atoms with E-state index in [-0.39, 0.29) is 18.3 Å². The van der Waals surface area contributed by atoms with Gasteiger partial charge in [0.05, 0.1) is 18.4 Å². The maximum absolute atomic E-state index is 6.19. The number of hydrogen-bond donors (Lipinski definition) is 0. The minimum Gasteiger partial charge on any atom is -0.497 e. The molecule has 3 unspecified atom stereocenters. The molecule has 1 fully saturated rings. The average Bonchev–Trinajstić information content (AvgIpc) is 2.66. The zero-order valence-corrected chi connectivity index (χ0v) is 19.4. The second-order valence-electron chi connectivity index (χ2n) is 8.92. The Kier molecular flexibility index (Phi) is 7.38. The zero-order chi connectivity index (χ0) is 20.9. The van der Waals surface area contributed by atoms with Crippen LogP contribution >= 0.6 is 0 Å². The predicted molar refractivity (Wildman–Crippen MR) is 122 cm³/mol. The van der Waals surface area contributed by atoms with Crippen LogP contribution < -0.4 is 14.7 Å². The number of ether oxygens (including phenoxy) is 3. The van der Waals surface area contributed by atoms with Crippen LogP contribution in [0.25, 0.3) is 0 Å². The minimum absolute atomic E-state index is 0.109. The lowest BCUT2D eigenvalue weighted by Crippen LogP contribution is -2.48. The van der Waals surface area contributed by atoms with Gasteiger partial charge in [0.1, 0.15) is 25.7 Å².